The van der Waals surface area contributed by atoms with Crippen LogP contribution >= 0.6 is 11.8 Å². The molecule has 0 aromatic carbocycles. The van der Waals surface area contributed by atoms with E-state index in [0.717, 1.165) is 16.5 Å². The summed E-state index contributed by atoms with van der Waals surface area (Å²) < 4.78 is 1.71. The van der Waals surface area contributed by atoms with Gasteiger partial charge in [0.1, 0.15) is 0 Å². The lowest BCUT2D eigenvalue weighted by Gasteiger charge is -2.01. The maximum Gasteiger partial charge on any atom is 0.209 e. The van der Waals surface area contributed by atoms with Gasteiger partial charge >= 0.3 is 0 Å². The zero-order valence-electron chi connectivity index (χ0n) is 8.65. The molecule has 0 radical (unpaired) electrons. The lowest BCUT2D eigenvalue weighted by atomic mass is 10.3. The number of rotatable bonds is 5. The van der Waals surface area contributed by atoms with Crippen molar-refractivity contribution in [3.8, 4) is 0 Å². The second-order valence-electron chi connectivity index (χ2n) is 3.12. The fraction of sp³-hybridized carbons (Fsp3) is 0.333. The summed E-state index contributed by atoms with van der Waals surface area (Å²) in [5.41, 5.74) is 6.61. The number of tetrazole rings is 1. The van der Waals surface area contributed by atoms with Gasteiger partial charge < -0.3 is 5.73 Å². The average Bonchev–Trinajstić information content (AvgIpc) is 2.76. The van der Waals surface area contributed by atoms with Crippen molar-refractivity contribution in [2.75, 3.05) is 6.54 Å². The average molecular weight is 236 g/mol. The Hall–Kier alpha value is -1.47. The number of hydrogen-bond acceptors (Lipinski definition) is 6. The van der Waals surface area contributed by atoms with Crippen LogP contribution in [0.15, 0.2) is 29.7 Å². The van der Waals surface area contributed by atoms with Crippen molar-refractivity contribution in [3.63, 3.8) is 0 Å². The molecule has 84 valence electrons. The van der Waals surface area contributed by atoms with Gasteiger partial charge in [-0.3, -0.25) is 4.98 Å². The quantitative estimate of drug-likeness (QED) is 0.753. The van der Waals surface area contributed by atoms with Crippen LogP contribution in [0.4, 0.5) is 0 Å². The molecule has 2 aromatic rings. The lowest BCUT2D eigenvalue weighted by molar-refractivity contribution is 0.557. The maximum absolute atomic E-state index is 5.46. The predicted molar refractivity (Wildman–Crippen MR) is 60.7 cm³/mol. The Balaban J connectivity index is 1.97. The minimum Gasteiger partial charge on any atom is -0.329 e. The highest BCUT2D eigenvalue weighted by atomic mass is 32.2. The summed E-state index contributed by atoms with van der Waals surface area (Å²) in [6.07, 6.45) is 3.59. The van der Waals surface area contributed by atoms with Crippen molar-refractivity contribution in [2.45, 2.75) is 17.5 Å². The molecule has 0 unspecified atom stereocenters. The van der Waals surface area contributed by atoms with E-state index < -0.39 is 0 Å². The van der Waals surface area contributed by atoms with Crippen molar-refractivity contribution < 1.29 is 0 Å². The molecule has 2 N–H and O–H groups in total. The summed E-state index contributed by atoms with van der Waals surface area (Å²) in [6.45, 7) is 1.17. The van der Waals surface area contributed by atoms with E-state index in [1.54, 1.807) is 22.6 Å². The van der Waals surface area contributed by atoms with Gasteiger partial charge in [-0.1, -0.05) is 17.8 Å². The van der Waals surface area contributed by atoms with Gasteiger partial charge in [0.25, 0.3) is 0 Å². The fourth-order valence-electron chi connectivity index (χ4n) is 1.19. The van der Waals surface area contributed by atoms with Gasteiger partial charge in [0.15, 0.2) is 0 Å². The normalized spacial score (nSPS) is 10.6. The van der Waals surface area contributed by atoms with Crippen LogP contribution in [0.2, 0.25) is 0 Å². The third-order valence-corrected chi connectivity index (χ3v) is 2.96. The molecule has 2 aromatic heterocycles. The fourth-order valence-corrected chi connectivity index (χ4v) is 2.03. The van der Waals surface area contributed by atoms with Crippen LogP contribution in [0.3, 0.4) is 0 Å². The van der Waals surface area contributed by atoms with Crippen molar-refractivity contribution in [2.24, 2.45) is 5.73 Å². The van der Waals surface area contributed by atoms with Gasteiger partial charge in [0, 0.05) is 24.7 Å². The molecule has 0 aliphatic rings. The second kappa shape index (κ2) is 5.57. The highest BCUT2D eigenvalue weighted by Crippen LogP contribution is 2.18. The molecule has 0 atom stereocenters. The summed E-state index contributed by atoms with van der Waals surface area (Å²) in [5.74, 6) is 0.804. The highest BCUT2D eigenvalue weighted by molar-refractivity contribution is 7.98. The van der Waals surface area contributed by atoms with Crippen LogP contribution in [-0.2, 0) is 12.3 Å². The zero-order chi connectivity index (χ0) is 11.2. The molecule has 0 fully saturated rings. The number of nitrogens with zero attached hydrogens (tertiary/aromatic N) is 5. The Kier molecular flexibility index (Phi) is 3.84. The molecule has 2 rings (SSSR count). The van der Waals surface area contributed by atoms with Crippen molar-refractivity contribution >= 4 is 11.8 Å². The molecule has 0 amide bonds. The van der Waals surface area contributed by atoms with Crippen LogP contribution in [-0.4, -0.2) is 31.7 Å². The van der Waals surface area contributed by atoms with Crippen molar-refractivity contribution in [1.82, 2.24) is 25.2 Å². The Labute approximate surface area is 97.2 Å². The van der Waals surface area contributed by atoms with Gasteiger partial charge in [0.05, 0.1) is 6.54 Å². The summed E-state index contributed by atoms with van der Waals surface area (Å²) in [7, 11) is 0. The van der Waals surface area contributed by atoms with E-state index in [4.69, 9.17) is 5.73 Å². The van der Waals surface area contributed by atoms with Crippen LogP contribution in [0.25, 0.3) is 0 Å². The SMILES string of the molecule is NCCn1nnnc1SCc1cccnc1. The maximum atomic E-state index is 5.46. The first-order valence-electron chi connectivity index (χ1n) is 4.88. The molecule has 7 heteroatoms. The molecule has 0 bridgehead atoms. The Morgan fingerprint density at radius 1 is 1.44 bits per heavy atom. The van der Waals surface area contributed by atoms with Crippen LogP contribution in [0, 0.1) is 0 Å². The number of pyridine rings is 1. The molecule has 0 aliphatic carbocycles. The van der Waals surface area contributed by atoms with Gasteiger partial charge in [-0.2, -0.15) is 0 Å². The Bertz CT molecular complexity index is 429. The minimum atomic E-state index is 0.533. The molecule has 0 aliphatic heterocycles. The van der Waals surface area contributed by atoms with Gasteiger partial charge in [0.2, 0.25) is 5.16 Å². The molecular weight excluding hydrogens is 224 g/mol. The van der Waals surface area contributed by atoms with Gasteiger partial charge in [-0.05, 0) is 22.1 Å². The number of aromatic nitrogens is 5. The Morgan fingerprint density at radius 3 is 3.12 bits per heavy atom. The Morgan fingerprint density at radius 2 is 2.38 bits per heavy atom. The van der Waals surface area contributed by atoms with Crippen molar-refractivity contribution in [1.29, 1.82) is 0 Å². The van der Waals surface area contributed by atoms with E-state index in [1.807, 2.05) is 18.3 Å². The van der Waals surface area contributed by atoms with Gasteiger partial charge in [-0.25, -0.2) is 4.68 Å². The molecule has 0 spiro atoms. The van der Waals surface area contributed by atoms with E-state index in [0.29, 0.717) is 13.1 Å². The standard InChI is InChI=1S/C9H12N6S/c10-3-5-15-9(12-13-14-15)16-7-8-2-1-4-11-6-8/h1-2,4,6H,3,5,7,10H2. The smallest absolute Gasteiger partial charge is 0.209 e. The molecular formula is C9H12N6S. The highest BCUT2D eigenvalue weighted by Gasteiger charge is 2.05. The molecule has 2 heterocycles. The third kappa shape index (κ3) is 2.77. The monoisotopic (exact) mass is 236 g/mol. The summed E-state index contributed by atoms with van der Waals surface area (Å²) in [5, 5.41) is 12.2. The molecule has 6 nitrogen and oxygen atoms in total. The third-order valence-electron chi connectivity index (χ3n) is 1.93. The van der Waals surface area contributed by atoms with E-state index in [1.165, 1.54) is 0 Å². The summed E-state index contributed by atoms with van der Waals surface area (Å²) in [6, 6.07) is 3.94. The van der Waals surface area contributed by atoms with Crippen molar-refractivity contribution in [3.05, 3.63) is 30.1 Å². The van der Waals surface area contributed by atoms with Crippen LogP contribution in [0.1, 0.15) is 5.56 Å². The first kappa shape index (κ1) is 11.0. The van der Waals surface area contributed by atoms with E-state index >= 15 is 0 Å². The minimum absolute atomic E-state index is 0.533. The first-order chi connectivity index (χ1) is 7.90. The molecule has 0 saturated carbocycles. The summed E-state index contributed by atoms with van der Waals surface area (Å²) >= 11 is 1.58. The molecule has 16 heavy (non-hydrogen) atoms. The van der Waals surface area contributed by atoms with Gasteiger partial charge in [-0.15, -0.1) is 5.10 Å². The molecule has 0 saturated heterocycles. The topological polar surface area (TPSA) is 82.5 Å². The largest absolute Gasteiger partial charge is 0.329 e. The van der Waals surface area contributed by atoms with Crippen LogP contribution in [0.5, 0.6) is 0 Å². The second-order valence-corrected chi connectivity index (χ2v) is 4.07. The van der Waals surface area contributed by atoms with E-state index in [9.17, 15) is 0 Å². The first-order valence-corrected chi connectivity index (χ1v) is 5.86. The zero-order valence-corrected chi connectivity index (χ0v) is 9.47. The summed E-state index contributed by atoms with van der Waals surface area (Å²) in [4.78, 5) is 4.05. The lowest BCUT2D eigenvalue weighted by Crippen LogP contribution is -2.12. The van der Waals surface area contributed by atoms with E-state index in [-0.39, 0.29) is 0 Å². The van der Waals surface area contributed by atoms with Crippen LogP contribution < -0.4 is 5.73 Å². The predicted octanol–water partition coefficient (Wildman–Crippen LogP) is 0.319. The van der Waals surface area contributed by atoms with E-state index in [2.05, 4.69) is 20.5 Å². The number of thioether (sulfide) groups is 1. The number of hydrogen-bond donors (Lipinski definition) is 1. The number of nitrogens with two attached hydrogens (primary N) is 1.